The second-order valence-electron chi connectivity index (χ2n) is 14.9. The van der Waals surface area contributed by atoms with E-state index < -0.39 is 60.9 Å². The minimum Gasteiger partial charge on any atom is -0.462 e. The van der Waals surface area contributed by atoms with E-state index in [0.717, 1.165) is 0 Å². The molecule has 0 saturated carbocycles. The summed E-state index contributed by atoms with van der Waals surface area (Å²) in [7, 11) is 0. The molecule has 2 unspecified atom stereocenters. The first kappa shape index (κ1) is 58.4. The van der Waals surface area contributed by atoms with Gasteiger partial charge < -0.3 is 88.2 Å². The highest BCUT2D eigenvalue weighted by molar-refractivity contribution is 5.97. The molecule has 0 radical (unpaired) electrons. The van der Waals surface area contributed by atoms with Crippen molar-refractivity contribution >= 4 is 70.6 Å². The molecule has 72 heavy (non-hydrogen) atoms. The number of esters is 3. The molecule has 26 nitrogen and oxygen atoms in total. The van der Waals surface area contributed by atoms with Crippen molar-refractivity contribution in [1.82, 2.24) is 16.0 Å². The van der Waals surface area contributed by atoms with Gasteiger partial charge in [0.25, 0.3) is 17.7 Å². The summed E-state index contributed by atoms with van der Waals surface area (Å²) in [4.78, 5) is 86.1. The Bertz CT molecular complexity index is 2250. The summed E-state index contributed by atoms with van der Waals surface area (Å²) in [5.74, 6) is -3.98. The molecule has 3 aromatic rings. The molecule has 0 bridgehead atoms. The zero-order valence-corrected chi connectivity index (χ0v) is 39.9. The van der Waals surface area contributed by atoms with Gasteiger partial charge in [-0.25, -0.2) is 15.0 Å². The molecular formula is C46H64N12O14. The van der Waals surface area contributed by atoms with Crippen LogP contribution in [0.25, 0.3) is 0 Å². The Balaban J connectivity index is 1.44. The summed E-state index contributed by atoms with van der Waals surface area (Å²) < 4.78 is 44.6. The number of benzene rings is 3. The van der Waals surface area contributed by atoms with Crippen LogP contribution in [0.4, 0.5) is 17.1 Å². The Morgan fingerprint density at radius 2 is 0.736 bits per heavy atom. The van der Waals surface area contributed by atoms with Gasteiger partial charge in [0.1, 0.15) is 39.5 Å². The molecule has 0 aliphatic carbocycles. The van der Waals surface area contributed by atoms with Gasteiger partial charge in [0.2, 0.25) is 0 Å². The largest absolute Gasteiger partial charge is 0.462 e. The summed E-state index contributed by atoms with van der Waals surface area (Å²) in [6.07, 6.45) is -0.235. The first-order valence-electron chi connectivity index (χ1n) is 22.5. The number of nitrogens with two attached hydrogens (primary N) is 6. The third kappa shape index (κ3) is 25.6. The lowest BCUT2D eigenvalue weighted by atomic mass is 10.2. The zero-order chi connectivity index (χ0) is 52.5. The molecule has 0 aliphatic heterocycles. The number of hydrogen-bond acceptors (Lipinski definition) is 17. The Morgan fingerprint density at radius 3 is 1.06 bits per heavy atom. The van der Waals surface area contributed by atoms with Crippen LogP contribution in [0.2, 0.25) is 0 Å². The van der Waals surface area contributed by atoms with E-state index in [4.69, 9.17) is 72.3 Å². The summed E-state index contributed by atoms with van der Waals surface area (Å²) in [6, 6.07) is 18.3. The number of guanidine groups is 3. The topological polar surface area (TPSA) is 406 Å². The number of rotatable bonds is 34. The maximum absolute atomic E-state index is 12.5. The molecule has 0 saturated heterocycles. The molecule has 0 heterocycles. The molecule has 0 spiro atoms. The van der Waals surface area contributed by atoms with Crippen LogP contribution in [0.5, 0.6) is 0 Å². The third-order valence-electron chi connectivity index (χ3n) is 9.21. The molecule has 3 amide bonds. The number of ether oxygens (including phenoxy) is 8. The number of amides is 3. The molecule has 3 aromatic carbocycles. The van der Waals surface area contributed by atoms with E-state index in [1.165, 1.54) is 48.5 Å². The van der Waals surface area contributed by atoms with E-state index in [9.17, 15) is 28.8 Å². The Hall–Kier alpha value is -7.91. The maximum Gasteiger partial charge on any atom is 0.325 e. The number of nitrogens with zero attached hydrogens (tertiary/aromatic N) is 3. The predicted octanol–water partition coefficient (Wildman–Crippen LogP) is -0.759. The lowest BCUT2D eigenvalue weighted by Crippen LogP contribution is -2.32. The summed E-state index contributed by atoms with van der Waals surface area (Å²) in [5, 5.41) is 7.44. The summed E-state index contributed by atoms with van der Waals surface area (Å²) >= 11 is 0. The summed E-state index contributed by atoms with van der Waals surface area (Å²) in [6.45, 7) is 1.53. The minimum atomic E-state index is -0.706. The van der Waals surface area contributed by atoms with E-state index in [0.29, 0.717) is 48.7 Å². The standard InChI is InChI=1S/C46H64N12O14/c1-2-65-17-15-36(68-21-23-71-39(60)26-54-42(63)31-5-11-34(12-6-31)57-45(49)50)28-66-18-16-37(69-22-24-72-40(61)27-55-43(64)32-7-13-35(14-8-32)58-46(51)52)29-67-19-20-70-38(59)25-53-41(62)30-3-9-33(10-4-30)56-44(47)48/h3-14,36-37H,2,15-29H2,1H3,(H,53,62)(H,54,63)(H,55,64)(H4,47,48,56)(H4,49,50,57)(H4,51,52,58). The average molecular weight is 1010 g/mol. The van der Waals surface area contributed by atoms with Gasteiger partial charge in [-0.1, -0.05) is 0 Å². The van der Waals surface area contributed by atoms with Crippen molar-refractivity contribution in [3.63, 3.8) is 0 Å². The Morgan fingerprint density at radius 1 is 0.431 bits per heavy atom. The van der Waals surface area contributed by atoms with Crippen LogP contribution in [0.15, 0.2) is 87.8 Å². The first-order valence-corrected chi connectivity index (χ1v) is 22.5. The lowest BCUT2D eigenvalue weighted by Gasteiger charge is -2.21. The molecule has 2 atom stereocenters. The third-order valence-corrected chi connectivity index (χ3v) is 9.21. The Labute approximate surface area is 415 Å². The van der Waals surface area contributed by atoms with Gasteiger partial charge >= 0.3 is 17.9 Å². The van der Waals surface area contributed by atoms with Crippen LogP contribution >= 0.6 is 0 Å². The van der Waals surface area contributed by atoms with Crippen LogP contribution in [0, 0.1) is 0 Å². The molecular weight excluding hydrogens is 945 g/mol. The monoisotopic (exact) mass is 1010 g/mol. The van der Waals surface area contributed by atoms with E-state index in [1.54, 1.807) is 24.3 Å². The molecule has 392 valence electrons. The number of carbonyl (C=O) groups is 6. The molecule has 0 fully saturated rings. The van der Waals surface area contributed by atoms with Crippen molar-refractivity contribution in [1.29, 1.82) is 0 Å². The van der Waals surface area contributed by atoms with Gasteiger partial charge in [0, 0.05) is 36.5 Å². The van der Waals surface area contributed by atoms with E-state index in [1.807, 2.05) is 6.92 Å². The molecule has 26 heteroatoms. The second kappa shape index (κ2) is 33.6. The van der Waals surface area contributed by atoms with Crippen LogP contribution in [0.1, 0.15) is 50.8 Å². The van der Waals surface area contributed by atoms with Crippen molar-refractivity contribution in [3.8, 4) is 0 Å². The number of nitrogens with one attached hydrogen (secondary N) is 3. The van der Waals surface area contributed by atoms with Crippen LogP contribution < -0.4 is 50.4 Å². The maximum atomic E-state index is 12.5. The van der Waals surface area contributed by atoms with Crippen molar-refractivity contribution < 1.29 is 66.7 Å². The number of carbonyl (C=O) groups excluding carboxylic acids is 6. The van der Waals surface area contributed by atoms with Crippen LogP contribution in [-0.2, 0) is 52.3 Å². The normalized spacial score (nSPS) is 11.5. The fourth-order valence-electron chi connectivity index (χ4n) is 5.81. The average Bonchev–Trinajstić information content (AvgIpc) is 3.35. The van der Waals surface area contributed by atoms with Gasteiger partial charge in [-0.3, -0.25) is 28.8 Å². The highest BCUT2D eigenvalue weighted by atomic mass is 16.6. The smallest absolute Gasteiger partial charge is 0.325 e. The fourth-order valence-corrected chi connectivity index (χ4v) is 5.81. The molecule has 3 rings (SSSR count). The van der Waals surface area contributed by atoms with Gasteiger partial charge in [-0.15, -0.1) is 0 Å². The number of aliphatic imine (C=N–C) groups is 3. The van der Waals surface area contributed by atoms with Gasteiger partial charge in [0.15, 0.2) is 17.9 Å². The van der Waals surface area contributed by atoms with E-state index >= 15 is 0 Å². The summed E-state index contributed by atoms with van der Waals surface area (Å²) in [5.41, 5.74) is 34.4. The Kier molecular flexibility index (Phi) is 27.2. The molecule has 15 N–H and O–H groups in total. The predicted molar refractivity (Wildman–Crippen MR) is 262 cm³/mol. The quantitative estimate of drug-likeness (QED) is 0.0117. The SMILES string of the molecule is CCOCCC(COCCC(COCCOC(=O)CNC(=O)c1ccc(N=C(N)N)cc1)OCCOC(=O)CNC(=O)c1ccc(N=C(N)N)cc1)OCCOC(=O)CNC(=O)c1ccc(N=C(N)N)cc1. The van der Waals surface area contributed by atoms with Crippen LogP contribution in [-0.4, -0.2) is 158 Å². The van der Waals surface area contributed by atoms with Gasteiger partial charge in [-0.2, -0.15) is 0 Å². The van der Waals surface area contributed by atoms with E-state index in [-0.39, 0.29) is 95.0 Å². The highest BCUT2D eigenvalue weighted by Crippen LogP contribution is 2.15. The fraction of sp³-hybridized carbons (Fsp3) is 0.413. The molecule has 0 aliphatic rings. The van der Waals surface area contributed by atoms with Crippen molar-refractivity contribution in [2.45, 2.75) is 32.0 Å². The minimum absolute atomic E-state index is 0.0156. The van der Waals surface area contributed by atoms with Crippen molar-refractivity contribution in [2.24, 2.45) is 49.4 Å². The molecule has 0 aromatic heterocycles. The number of hydrogen-bond donors (Lipinski definition) is 9. The lowest BCUT2D eigenvalue weighted by molar-refractivity contribution is -0.147. The van der Waals surface area contributed by atoms with E-state index in [2.05, 4.69) is 30.9 Å². The van der Waals surface area contributed by atoms with Gasteiger partial charge in [-0.05, 0) is 92.6 Å². The van der Waals surface area contributed by atoms with Crippen molar-refractivity contribution in [3.05, 3.63) is 89.5 Å². The highest BCUT2D eigenvalue weighted by Gasteiger charge is 2.16. The van der Waals surface area contributed by atoms with Gasteiger partial charge in [0.05, 0.1) is 62.3 Å². The second-order valence-corrected chi connectivity index (χ2v) is 14.9. The van der Waals surface area contributed by atoms with Crippen molar-refractivity contribution in [2.75, 3.05) is 92.3 Å². The first-order chi connectivity index (χ1) is 34.6. The van der Waals surface area contributed by atoms with Crippen LogP contribution in [0.3, 0.4) is 0 Å². The zero-order valence-electron chi connectivity index (χ0n) is 39.9.